The Morgan fingerprint density at radius 3 is 2.75 bits per heavy atom. The van der Waals surface area contributed by atoms with Crippen molar-refractivity contribution in [2.24, 2.45) is 0 Å². The van der Waals surface area contributed by atoms with Gasteiger partial charge in [-0.15, -0.1) is 6.58 Å². The number of nitrogens with zero attached hydrogens (tertiary/aromatic N) is 1. The smallest absolute Gasteiger partial charge is 0.0209 e. The maximum Gasteiger partial charge on any atom is 0.0209 e. The summed E-state index contributed by atoms with van der Waals surface area (Å²) in [5, 5.41) is 3.75. The molecule has 0 radical (unpaired) electrons. The first kappa shape index (κ1) is 13.7. The lowest BCUT2D eigenvalue weighted by Gasteiger charge is -2.22. The predicted octanol–water partition coefficient (Wildman–Crippen LogP) is 2.80. The second-order valence-corrected chi connectivity index (χ2v) is 5.36. The highest BCUT2D eigenvalue weighted by atomic mass is 15.2. The van der Waals surface area contributed by atoms with E-state index in [4.69, 9.17) is 0 Å². The molecule has 2 unspecified atom stereocenters. The van der Waals surface area contributed by atoms with Crippen molar-refractivity contribution in [3.05, 3.63) is 12.7 Å². The fourth-order valence-corrected chi connectivity index (χ4v) is 2.45. The average Bonchev–Trinajstić information content (AvgIpc) is 2.66. The Bertz CT molecular complexity index is 201. The van der Waals surface area contributed by atoms with Gasteiger partial charge in [-0.05, 0) is 53.0 Å². The molecule has 1 fully saturated rings. The molecule has 1 aliphatic heterocycles. The maximum absolute atomic E-state index is 3.76. The van der Waals surface area contributed by atoms with Crippen molar-refractivity contribution in [3.63, 3.8) is 0 Å². The summed E-state index contributed by atoms with van der Waals surface area (Å²) >= 11 is 0. The first-order valence-electron chi connectivity index (χ1n) is 6.74. The standard InChI is InChI=1S/C14H28N2/c1-5-6-7-8-13(4)15-14-9-10-16(11-14)12(2)3/h5,12-15H,1,6-11H2,2-4H3. The third-order valence-corrected chi connectivity index (χ3v) is 3.52. The fraction of sp³-hybridized carbons (Fsp3) is 0.857. The van der Waals surface area contributed by atoms with Crippen LogP contribution in [0.3, 0.4) is 0 Å². The van der Waals surface area contributed by atoms with Crippen molar-refractivity contribution in [1.82, 2.24) is 10.2 Å². The lowest BCUT2D eigenvalue weighted by Crippen LogP contribution is -2.39. The molecule has 1 heterocycles. The van der Waals surface area contributed by atoms with Gasteiger partial charge in [0, 0.05) is 24.7 Å². The van der Waals surface area contributed by atoms with E-state index < -0.39 is 0 Å². The number of rotatable bonds is 7. The van der Waals surface area contributed by atoms with Gasteiger partial charge in [0.15, 0.2) is 0 Å². The molecule has 1 N–H and O–H groups in total. The monoisotopic (exact) mass is 224 g/mol. The Balaban J connectivity index is 2.15. The average molecular weight is 224 g/mol. The zero-order chi connectivity index (χ0) is 12.0. The van der Waals surface area contributed by atoms with Gasteiger partial charge in [-0.1, -0.05) is 6.08 Å². The van der Waals surface area contributed by atoms with E-state index in [1.54, 1.807) is 0 Å². The van der Waals surface area contributed by atoms with Gasteiger partial charge in [-0.25, -0.2) is 0 Å². The molecule has 1 aliphatic rings. The van der Waals surface area contributed by atoms with Gasteiger partial charge < -0.3 is 5.32 Å². The zero-order valence-electron chi connectivity index (χ0n) is 11.2. The number of likely N-dealkylation sites (tertiary alicyclic amines) is 1. The molecule has 2 nitrogen and oxygen atoms in total. The summed E-state index contributed by atoms with van der Waals surface area (Å²) in [6, 6.07) is 2.06. The zero-order valence-corrected chi connectivity index (χ0v) is 11.2. The molecule has 0 amide bonds. The largest absolute Gasteiger partial charge is 0.310 e. The Morgan fingerprint density at radius 2 is 2.19 bits per heavy atom. The molecule has 94 valence electrons. The van der Waals surface area contributed by atoms with Gasteiger partial charge in [0.25, 0.3) is 0 Å². The molecule has 2 heteroatoms. The van der Waals surface area contributed by atoms with Crippen LogP contribution in [-0.2, 0) is 0 Å². The van der Waals surface area contributed by atoms with Crippen LogP contribution in [0.4, 0.5) is 0 Å². The Kier molecular flexibility index (Phi) is 6.07. The Labute approximate surface area is 101 Å². The summed E-state index contributed by atoms with van der Waals surface area (Å²) < 4.78 is 0. The van der Waals surface area contributed by atoms with Crippen molar-refractivity contribution >= 4 is 0 Å². The van der Waals surface area contributed by atoms with Gasteiger partial charge >= 0.3 is 0 Å². The highest BCUT2D eigenvalue weighted by molar-refractivity contribution is 4.84. The summed E-state index contributed by atoms with van der Waals surface area (Å²) in [7, 11) is 0. The minimum absolute atomic E-state index is 0.650. The summed E-state index contributed by atoms with van der Waals surface area (Å²) in [5.41, 5.74) is 0. The number of unbranched alkanes of at least 4 members (excludes halogenated alkanes) is 1. The van der Waals surface area contributed by atoms with Gasteiger partial charge in [0.1, 0.15) is 0 Å². The van der Waals surface area contributed by atoms with E-state index in [0.717, 1.165) is 6.42 Å². The number of nitrogens with one attached hydrogen (secondary N) is 1. The van der Waals surface area contributed by atoms with E-state index in [2.05, 4.69) is 37.6 Å². The van der Waals surface area contributed by atoms with Crippen LogP contribution < -0.4 is 5.32 Å². The second-order valence-electron chi connectivity index (χ2n) is 5.36. The molecule has 0 aromatic heterocycles. The lowest BCUT2D eigenvalue weighted by molar-refractivity contribution is 0.265. The van der Waals surface area contributed by atoms with Crippen molar-refractivity contribution in [2.45, 2.75) is 64.6 Å². The van der Waals surface area contributed by atoms with Crippen molar-refractivity contribution < 1.29 is 0 Å². The third-order valence-electron chi connectivity index (χ3n) is 3.52. The first-order valence-corrected chi connectivity index (χ1v) is 6.74. The maximum atomic E-state index is 3.76. The van der Waals surface area contributed by atoms with E-state index in [1.807, 2.05) is 6.08 Å². The molecule has 0 bridgehead atoms. The van der Waals surface area contributed by atoms with Crippen molar-refractivity contribution in [2.75, 3.05) is 13.1 Å². The van der Waals surface area contributed by atoms with Gasteiger partial charge in [0.05, 0.1) is 0 Å². The molecule has 1 rings (SSSR count). The Hall–Kier alpha value is -0.340. The first-order chi connectivity index (χ1) is 7.63. The summed E-state index contributed by atoms with van der Waals surface area (Å²) in [6.07, 6.45) is 7.00. The highest BCUT2D eigenvalue weighted by Crippen LogP contribution is 2.13. The van der Waals surface area contributed by atoms with Crippen LogP contribution in [-0.4, -0.2) is 36.1 Å². The van der Waals surface area contributed by atoms with Crippen LogP contribution in [0.1, 0.15) is 46.5 Å². The van der Waals surface area contributed by atoms with E-state index in [0.29, 0.717) is 18.1 Å². The van der Waals surface area contributed by atoms with E-state index in [-0.39, 0.29) is 0 Å². The molecule has 0 spiro atoms. The topological polar surface area (TPSA) is 15.3 Å². The van der Waals surface area contributed by atoms with Crippen LogP contribution in [0.5, 0.6) is 0 Å². The van der Waals surface area contributed by atoms with Crippen LogP contribution in [0.15, 0.2) is 12.7 Å². The predicted molar refractivity (Wildman–Crippen MR) is 71.8 cm³/mol. The molecule has 0 aromatic carbocycles. The molecule has 0 saturated carbocycles. The summed E-state index contributed by atoms with van der Waals surface area (Å²) in [5.74, 6) is 0. The fourth-order valence-electron chi connectivity index (χ4n) is 2.45. The third kappa shape index (κ3) is 4.67. The van der Waals surface area contributed by atoms with Crippen LogP contribution in [0.25, 0.3) is 0 Å². The van der Waals surface area contributed by atoms with Crippen LogP contribution in [0.2, 0.25) is 0 Å². The molecule has 2 atom stereocenters. The minimum Gasteiger partial charge on any atom is -0.310 e. The van der Waals surface area contributed by atoms with Crippen molar-refractivity contribution in [3.8, 4) is 0 Å². The van der Waals surface area contributed by atoms with Gasteiger partial charge in [-0.3, -0.25) is 4.90 Å². The van der Waals surface area contributed by atoms with Gasteiger partial charge in [0.2, 0.25) is 0 Å². The summed E-state index contributed by atoms with van der Waals surface area (Å²) in [6.45, 7) is 13.1. The minimum atomic E-state index is 0.650. The summed E-state index contributed by atoms with van der Waals surface area (Å²) in [4.78, 5) is 2.56. The van der Waals surface area contributed by atoms with E-state index in [1.165, 1.54) is 32.4 Å². The molecular weight excluding hydrogens is 196 g/mol. The quantitative estimate of drug-likeness (QED) is 0.528. The Morgan fingerprint density at radius 1 is 1.44 bits per heavy atom. The SMILES string of the molecule is C=CCCCC(C)NC1CCN(C(C)C)C1. The van der Waals surface area contributed by atoms with Crippen LogP contribution in [0, 0.1) is 0 Å². The highest BCUT2D eigenvalue weighted by Gasteiger charge is 2.24. The number of hydrogen-bond acceptors (Lipinski definition) is 2. The normalized spacial score (nSPS) is 23.9. The molecule has 0 aromatic rings. The van der Waals surface area contributed by atoms with Crippen molar-refractivity contribution in [1.29, 1.82) is 0 Å². The van der Waals surface area contributed by atoms with E-state index >= 15 is 0 Å². The number of allylic oxidation sites excluding steroid dienone is 1. The number of hydrogen-bond donors (Lipinski definition) is 1. The molecule has 1 saturated heterocycles. The van der Waals surface area contributed by atoms with Crippen LogP contribution >= 0.6 is 0 Å². The molecule has 16 heavy (non-hydrogen) atoms. The van der Waals surface area contributed by atoms with Gasteiger partial charge in [-0.2, -0.15) is 0 Å². The second kappa shape index (κ2) is 7.08. The van der Waals surface area contributed by atoms with E-state index in [9.17, 15) is 0 Å². The lowest BCUT2D eigenvalue weighted by atomic mass is 10.1. The molecular formula is C14H28N2. The molecule has 0 aliphatic carbocycles.